The maximum atomic E-state index is 13.0. The van der Waals surface area contributed by atoms with Crippen molar-refractivity contribution >= 4 is 28.6 Å². The van der Waals surface area contributed by atoms with Gasteiger partial charge in [0, 0.05) is 24.6 Å². The summed E-state index contributed by atoms with van der Waals surface area (Å²) in [6.45, 7) is 2.72. The summed E-state index contributed by atoms with van der Waals surface area (Å²) in [6.07, 6.45) is 1.48. The van der Waals surface area contributed by atoms with Crippen molar-refractivity contribution in [2.75, 3.05) is 33.4 Å². The molecule has 0 saturated carbocycles. The molecule has 1 saturated heterocycles. The minimum absolute atomic E-state index is 0.0330. The summed E-state index contributed by atoms with van der Waals surface area (Å²) < 4.78 is 10.1. The Morgan fingerprint density at radius 3 is 2.66 bits per heavy atom. The second-order valence-corrected chi connectivity index (χ2v) is 7.04. The quantitative estimate of drug-likeness (QED) is 0.597. The number of nitrogens with one attached hydrogen (secondary N) is 1. The van der Waals surface area contributed by atoms with Crippen molar-refractivity contribution in [3.8, 4) is 5.75 Å². The molecule has 3 rings (SSSR count). The Balaban J connectivity index is 1.65. The first kappa shape index (κ1) is 20.6. The number of nitrogens with zero attached hydrogens (tertiary/aromatic N) is 1. The highest BCUT2D eigenvalue weighted by Crippen LogP contribution is 2.25. The number of methoxy groups -OCH3 is 1. The summed E-state index contributed by atoms with van der Waals surface area (Å²) in [7, 11) is 1.62. The molecule has 0 radical (unpaired) electrons. The molecule has 29 heavy (non-hydrogen) atoms. The monoisotopic (exact) mass is 398 g/mol. The Hall–Kier alpha value is -3.09. The van der Waals surface area contributed by atoms with E-state index < -0.39 is 5.97 Å². The molecule has 1 N–H and O–H groups in total. The fourth-order valence-electron chi connectivity index (χ4n) is 3.59. The Bertz CT molecular complexity index is 911. The average molecular weight is 398 g/mol. The second kappa shape index (κ2) is 9.41. The summed E-state index contributed by atoms with van der Waals surface area (Å²) in [6, 6.07) is 11.0. The molecule has 1 atom stereocenters. The molecule has 2 aromatic rings. The van der Waals surface area contributed by atoms with Crippen molar-refractivity contribution in [1.29, 1.82) is 0 Å². The van der Waals surface area contributed by atoms with Gasteiger partial charge in [0.2, 0.25) is 0 Å². The van der Waals surface area contributed by atoms with Crippen LogP contribution in [0.15, 0.2) is 36.4 Å². The van der Waals surface area contributed by atoms with Crippen LogP contribution in [0.1, 0.15) is 30.1 Å². The van der Waals surface area contributed by atoms with Crippen LogP contribution in [0.3, 0.4) is 0 Å². The molecule has 0 bridgehead atoms. The number of urea groups is 1. The Labute approximate surface area is 170 Å². The maximum Gasteiger partial charge on any atom is 0.325 e. The van der Waals surface area contributed by atoms with E-state index in [1.54, 1.807) is 18.9 Å². The summed E-state index contributed by atoms with van der Waals surface area (Å²) in [5.74, 6) is 0.0741. The van der Waals surface area contributed by atoms with Crippen molar-refractivity contribution in [3.05, 3.63) is 42.0 Å². The van der Waals surface area contributed by atoms with Crippen molar-refractivity contribution in [2.24, 2.45) is 5.92 Å². The lowest BCUT2D eigenvalue weighted by atomic mass is 9.89. The van der Waals surface area contributed by atoms with E-state index in [-0.39, 0.29) is 30.9 Å². The largest absolute Gasteiger partial charge is 0.497 e. The highest BCUT2D eigenvalue weighted by molar-refractivity contribution is 6.01. The van der Waals surface area contributed by atoms with Crippen LogP contribution in [0.4, 0.5) is 4.79 Å². The fraction of sp³-hybridized carbons (Fsp3) is 0.409. The van der Waals surface area contributed by atoms with Crippen LogP contribution in [-0.4, -0.2) is 56.0 Å². The van der Waals surface area contributed by atoms with Gasteiger partial charge in [0.1, 0.15) is 12.3 Å². The lowest BCUT2D eigenvalue weighted by molar-refractivity contribution is -0.141. The Morgan fingerprint density at radius 2 is 1.90 bits per heavy atom. The number of ether oxygens (including phenoxy) is 2. The number of Topliss-reactive ketones (excluding diaryl/α,β-unsaturated/α-hetero) is 1. The van der Waals surface area contributed by atoms with Crippen LogP contribution in [-0.2, 0) is 9.53 Å². The molecule has 0 aliphatic carbocycles. The van der Waals surface area contributed by atoms with E-state index in [0.717, 1.165) is 29.4 Å². The van der Waals surface area contributed by atoms with E-state index in [1.165, 1.54) is 0 Å². The lowest BCUT2D eigenvalue weighted by Crippen LogP contribution is -2.48. The number of benzene rings is 2. The van der Waals surface area contributed by atoms with Gasteiger partial charge in [0.15, 0.2) is 5.78 Å². The second-order valence-electron chi connectivity index (χ2n) is 7.04. The highest BCUT2D eigenvalue weighted by Gasteiger charge is 2.29. The molecule has 1 unspecified atom stereocenters. The first-order valence-corrected chi connectivity index (χ1v) is 9.82. The van der Waals surface area contributed by atoms with Crippen LogP contribution < -0.4 is 10.1 Å². The van der Waals surface area contributed by atoms with Crippen molar-refractivity contribution in [1.82, 2.24) is 10.2 Å². The molecule has 0 aromatic heterocycles. The van der Waals surface area contributed by atoms with E-state index >= 15 is 0 Å². The van der Waals surface area contributed by atoms with E-state index in [2.05, 4.69) is 5.32 Å². The van der Waals surface area contributed by atoms with Gasteiger partial charge >= 0.3 is 12.0 Å². The number of fused-ring (bicyclic) bond motifs is 1. The topological polar surface area (TPSA) is 84.9 Å². The molecule has 7 heteroatoms. The predicted molar refractivity (Wildman–Crippen MR) is 109 cm³/mol. The molecular formula is C22H26N2O5. The smallest absolute Gasteiger partial charge is 0.325 e. The maximum absolute atomic E-state index is 13.0. The number of rotatable bonds is 6. The summed E-state index contributed by atoms with van der Waals surface area (Å²) in [5.41, 5.74) is 0.640. The van der Waals surface area contributed by atoms with Gasteiger partial charge in [-0.3, -0.25) is 9.59 Å². The molecule has 7 nitrogen and oxygen atoms in total. The summed E-state index contributed by atoms with van der Waals surface area (Å²) in [4.78, 5) is 38.4. The van der Waals surface area contributed by atoms with Gasteiger partial charge in [-0.25, -0.2) is 4.79 Å². The number of ketones is 1. The zero-order valence-electron chi connectivity index (χ0n) is 16.8. The molecule has 2 aromatic carbocycles. The number of likely N-dealkylation sites (tertiary alicyclic amines) is 1. The van der Waals surface area contributed by atoms with Gasteiger partial charge in [-0.15, -0.1) is 0 Å². The van der Waals surface area contributed by atoms with Gasteiger partial charge in [-0.2, -0.15) is 0 Å². The van der Waals surface area contributed by atoms with Crippen LogP contribution in [0.2, 0.25) is 0 Å². The number of piperidine rings is 1. The number of amides is 2. The van der Waals surface area contributed by atoms with E-state index in [1.807, 2.05) is 36.4 Å². The normalized spacial score (nSPS) is 16.3. The van der Waals surface area contributed by atoms with Gasteiger partial charge in [-0.1, -0.05) is 18.2 Å². The zero-order chi connectivity index (χ0) is 20.8. The number of carbonyl (C=O) groups is 3. The van der Waals surface area contributed by atoms with Crippen LogP contribution in [0.25, 0.3) is 10.8 Å². The number of hydrogen-bond acceptors (Lipinski definition) is 5. The number of hydrogen-bond donors (Lipinski definition) is 1. The van der Waals surface area contributed by atoms with Gasteiger partial charge < -0.3 is 19.7 Å². The van der Waals surface area contributed by atoms with Crippen LogP contribution >= 0.6 is 0 Å². The van der Waals surface area contributed by atoms with Gasteiger partial charge in [-0.05, 0) is 48.7 Å². The molecule has 1 fully saturated rings. The Kier molecular flexibility index (Phi) is 6.69. The van der Waals surface area contributed by atoms with Crippen molar-refractivity contribution < 1.29 is 23.9 Å². The summed E-state index contributed by atoms with van der Waals surface area (Å²) in [5, 5.41) is 4.53. The molecule has 1 aliphatic rings. The third kappa shape index (κ3) is 5.04. The fourth-order valence-corrected chi connectivity index (χ4v) is 3.59. The average Bonchev–Trinajstić information content (AvgIpc) is 2.76. The van der Waals surface area contributed by atoms with E-state index in [9.17, 15) is 14.4 Å². The van der Waals surface area contributed by atoms with Crippen molar-refractivity contribution in [2.45, 2.75) is 19.8 Å². The van der Waals surface area contributed by atoms with E-state index in [0.29, 0.717) is 18.7 Å². The lowest BCUT2D eigenvalue weighted by Gasteiger charge is -2.32. The first-order chi connectivity index (χ1) is 14.0. The third-order valence-corrected chi connectivity index (χ3v) is 5.10. The molecule has 154 valence electrons. The molecule has 2 amide bonds. The minimum Gasteiger partial charge on any atom is -0.497 e. The van der Waals surface area contributed by atoms with Crippen LogP contribution in [0, 0.1) is 5.92 Å². The van der Waals surface area contributed by atoms with Crippen LogP contribution in [0.5, 0.6) is 5.75 Å². The van der Waals surface area contributed by atoms with E-state index in [4.69, 9.17) is 9.47 Å². The SMILES string of the molecule is CCOC(=O)CNC(=O)N1CCCC(C(=O)c2ccc3cc(OC)ccc3c2)C1. The number of esters is 1. The zero-order valence-corrected chi connectivity index (χ0v) is 16.8. The molecule has 0 spiro atoms. The van der Waals surface area contributed by atoms with Gasteiger partial charge in [0.25, 0.3) is 0 Å². The minimum atomic E-state index is -0.474. The molecule has 1 heterocycles. The molecule has 1 aliphatic heterocycles. The standard InChI is InChI=1S/C22H26N2O5/c1-3-29-20(25)13-23-22(27)24-10-4-5-18(14-24)21(26)17-7-6-16-12-19(28-2)9-8-15(16)11-17/h6-9,11-12,18H,3-5,10,13-14H2,1-2H3,(H,23,27). The third-order valence-electron chi connectivity index (χ3n) is 5.10. The Morgan fingerprint density at radius 1 is 1.14 bits per heavy atom. The predicted octanol–water partition coefficient (Wildman–Crippen LogP) is 3.02. The highest BCUT2D eigenvalue weighted by atomic mass is 16.5. The summed E-state index contributed by atoms with van der Waals surface area (Å²) >= 11 is 0. The molecular weight excluding hydrogens is 372 g/mol. The first-order valence-electron chi connectivity index (χ1n) is 9.82. The van der Waals surface area contributed by atoms with Crippen molar-refractivity contribution in [3.63, 3.8) is 0 Å². The number of carbonyl (C=O) groups excluding carboxylic acids is 3. The van der Waals surface area contributed by atoms with Gasteiger partial charge in [0.05, 0.1) is 13.7 Å².